The third kappa shape index (κ3) is 1.04. The van der Waals surface area contributed by atoms with E-state index < -0.39 is 5.66 Å². The van der Waals surface area contributed by atoms with Gasteiger partial charge in [-0.05, 0) is 13.8 Å². The van der Waals surface area contributed by atoms with Crippen molar-refractivity contribution < 1.29 is 4.79 Å². The van der Waals surface area contributed by atoms with Crippen molar-refractivity contribution in [3.63, 3.8) is 0 Å². The third-order valence-electron chi connectivity index (χ3n) is 1.14. The molecule has 0 radical (unpaired) electrons. The van der Waals surface area contributed by atoms with Crippen molar-refractivity contribution in [1.29, 1.82) is 0 Å². The normalized spacial score (nSPS) is 32.4. The molecule has 3 heteroatoms. The lowest BCUT2D eigenvalue weighted by molar-refractivity contribution is -0.111. The molecule has 9 heavy (non-hydrogen) atoms. The summed E-state index contributed by atoms with van der Waals surface area (Å²) in [6.45, 7) is 3.49. The number of carbonyl (C=O) groups excluding carboxylic acids is 1. The zero-order valence-corrected chi connectivity index (χ0v) is 5.46. The molecule has 0 fully saturated rings. The summed E-state index contributed by atoms with van der Waals surface area (Å²) in [4.78, 5) is 18.1. The van der Waals surface area contributed by atoms with Crippen LogP contribution in [0.25, 0.3) is 0 Å². The predicted octanol–water partition coefficient (Wildman–Crippen LogP) is 0.447. The van der Waals surface area contributed by atoms with Crippen LogP contribution in [0.4, 0.5) is 0 Å². The minimum absolute atomic E-state index is 0.736. The summed E-state index contributed by atoms with van der Waals surface area (Å²) < 4.78 is 0. The Hall–Kier alpha value is -0.990. The Morgan fingerprint density at radius 2 is 2.44 bits per heavy atom. The number of rotatable bonds is 1. The third-order valence-corrected chi connectivity index (χ3v) is 1.14. The highest BCUT2D eigenvalue weighted by Gasteiger charge is 2.23. The molecule has 48 valence electrons. The van der Waals surface area contributed by atoms with E-state index in [1.165, 1.54) is 0 Å². The Balaban J connectivity index is 2.90. The van der Waals surface area contributed by atoms with Crippen LogP contribution >= 0.6 is 0 Å². The molecule has 0 aromatic carbocycles. The van der Waals surface area contributed by atoms with Gasteiger partial charge in [-0.25, -0.2) is 0 Å². The molecule has 1 rings (SSSR count). The molecule has 0 N–H and O–H groups in total. The fourth-order valence-electron chi connectivity index (χ4n) is 0.696. The average molecular weight is 124 g/mol. The van der Waals surface area contributed by atoms with Crippen molar-refractivity contribution in [2.45, 2.75) is 19.5 Å². The van der Waals surface area contributed by atoms with E-state index in [2.05, 4.69) is 9.98 Å². The van der Waals surface area contributed by atoms with Crippen molar-refractivity contribution in [3.8, 4) is 0 Å². The van der Waals surface area contributed by atoms with Gasteiger partial charge in [0.2, 0.25) is 5.66 Å². The Morgan fingerprint density at radius 3 is 2.67 bits per heavy atom. The second-order valence-corrected chi connectivity index (χ2v) is 2.22. The molecule has 0 spiro atoms. The highest BCUT2D eigenvalue weighted by molar-refractivity contribution is 6.31. The number of hydrogen-bond donors (Lipinski definition) is 0. The Labute approximate surface area is 53.5 Å². The van der Waals surface area contributed by atoms with Crippen LogP contribution in [0.2, 0.25) is 0 Å². The highest BCUT2D eigenvalue weighted by atomic mass is 16.1. The first-order valence-corrected chi connectivity index (χ1v) is 2.74. The molecule has 3 nitrogen and oxygen atoms in total. The molecular weight excluding hydrogens is 116 g/mol. The molecule has 0 saturated carbocycles. The first-order chi connectivity index (χ1) is 4.16. The van der Waals surface area contributed by atoms with E-state index in [9.17, 15) is 4.79 Å². The van der Waals surface area contributed by atoms with Gasteiger partial charge in [-0.1, -0.05) is 0 Å². The summed E-state index contributed by atoms with van der Waals surface area (Å²) in [6.07, 6.45) is 2.34. The lowest BCUT2D eigenvalue weighted by Crippen LogP contribution is -2.17. The number of carbonyl (C=O) groups is 1. The monoisotopic (exact) mass is 124 g/mol. The lowest BCUT2D eigenvalue weighted by Gasteiger charge is -2.05. The van der Waals surface area contributed by atoms with Crippen molar-refractivity contribution in [1.82, 2.24) is 0 Å². The first kappa shape index (κ1) is 6.13. The van der Waals surface area contributed by atoms with Crippen LogP contribution in [0.3, 0.4) is 0 Å². The van der Waals surface area contributed by atoms with Gasteiger partial charge in [-0.15, -0.1) is 0 Å². The molecule has 1 heterocycles. The van der Waals surface area contributed by atoms with E-state index in [1.54, 1.807) is 13.1 Å². The standard InChI is InChI=1S/C6H8N2O/c1-5-3-7-6(2,4-9)8-5/h3-4H,1-2H3. The molecule has 0 amide bonds. The van der Waals surface area contributed by atoms with Gasteiger partial charge in [0.15, 0.2) is 6.29 Å². The molecule has 0 saturated heterocycles. The van der Waals surface area contributed by atoms with E-state index in [0.29, 0.717) is 0 Å². The van der Waals surface area contributed by atoms with Crippen LogP contribution in [0.15, 0.2) is 9.98 Å². The number of hydrogen-bond acceptors (Lipinski definition) is 3. The molecule has 0 aromatic rings. The SMILES string of the molecule is CC1=NC(C)(C=O)N=C1. The fourth-order valence-corrected chi connectivity index (χ4v) is 0.696. The molecule has 1 atom stereocenters. The summed E-state index contributed by atoms with van der Waals surface area (Å²) in [5, 5.41) is 0. The zero-order chi connectivity index (χ0) is 6.91. The molecule has 1 aliphatic rings. The quantitative estimate of drug-likeness (QED) is 0.468. The minimum Gasteiger partial charge on any atom is -0.298 e. The predicted molar refractivity (Wildman–Crippen MR) is 36.1 cm³/mol. The summed E-state index contributed by atoms with van der Waals surface area (Å²) in [5.74, 6) is 0. The lowest BCUT2D eigenvalue weighted by atomic mass is 10.3. The average Bonchev–Trinajstić information content (AvgIpc) is 2.13. The van der Waals surface area contributed by atoms with Gasteiger partial charge in [-0.3, -0.25) is 14.8 Å². The van der Waals surface area contributed by atoms with Crippen molar-refractivity contribution in [2.75, 3.05) is 0 Å². The van der Waals surface area contributed by atoms with Crippen LogP contribution in [-0.2, 0) is 4.79 Å². The Kier molecular flexibility index (Phi) is 1.20. The molecule has 1 unspecified atom stereocenters. The first-order valence-electron chi connectivity index (χ1n) is 2.74. The van der Waals surface area contributed by atoms with Gasteiger partial charge in [0, 0.05) is 6.21 Å². The fraction of sp³-hybridized carbons (Fsp3) is 0.500. The van der Waals surface area contributed by atoms with Gasteiger partial charge >= 0.3 is 0 Å². The van der Waals surface area contributed by atoms with Gasteiger partial charge in [0.25, 0.3) is 0 Å². The van der Waals surface area contributed by atoms with Crippen molar-refractivity contribution in [3.05, 3.63) is 0 Å². The van der Waals surface area contributed by atoms with Gasteiger partial charge in [-0.2, -0.15) is 0 Å². The van der Waals surface area contributed by atoms with E-state index in [4.69, 9.17) is 0 Å². The summed E-state index contributed by atoms with van der Waals surface area (Å²) in [7, 11) is 0. The maximum absolute atomic E-state index is 10.3. The van der Waals surface area contributed by atoms with Crippen LogP contribution < -0.4 is 0 Å². The smallest absolute Gasteiger partial charge is 0.202 e. The van der Waals surface area contributed by atoms with E-state index in [1.807, 2.05) is 6.92 Å². The molecule has 0 aliphatic carbocycles. The minimum atomic E-state index is -0.815. The van der Waals surface area contributed by atoms with E-state index in [-0.39, 0.29) is 0 Å². The second kappa shape index (κ2) is 1.76. The summed E-state index contributed by atoms with van der Waals surface area (Å²) in [5.41, 5.74) is -0.00558. The number of nitrogens with zero attached hydrogens (tertiary/aromatic N) is 2. The maximum atomic E-state index is 10.3. The van der Waals surface area contributed by atoms with E-state index in [0.717, 1.165) is 12.0 Å². The van der Waals surface area contributed by atoms with Gasteiger partial charge in [0.05, 0.1) is 5.71 Å². The van der Waals surface area contributed by atoms with Crippen molar-refractivity contribution >= 4 is 18.2 Å². The van der Waals surface area contributed by atoms with E-state index >= 15 is 0 Å². The topological polar surface area (TPSA) is 41.8 Å². The second-order valence-electron chi connectivity index (χ2n) is 2.22. The largest absolute Gasteiger partial charge is 0.298 e. The van der Waals surface area contributed by atoms with Crippen molar-refractivity contribution in [2.24, 2.45) is 9.98 Å². The number of aliphatic imine (C=N–C) groups is 2. The van der Waals surface area contributed by atoms with Gasteiger partial charge < -0.3 is 0 Å². The Morgan fingerprint density at radius 1 is 1.78 bits per heavy atom. The van der Waals surface area contributed by atoms with Gasteiger partial charge in [0.1, 0.15) is 0 Å². The molecule has 1 aliphatic heterocycles. The molecular formula is C6H8N2O. The summed E-state index contributed by atoms with van der Waals surface area (Å²) >= 11 is 0. The molecule has 0 aromatic heterocycles. The zero-order valence-electron chi connectivity index (χ0n) is 5.46. The molecule has 0 bridgehead atoms. The van der Waals surface area contributed by atoms with Crippen LogP contribution in [0, 0.1) is 0 Å². The maximum Gasteiger partial charge on any atom is 0.202 e. The van der Waals surface area contributed by atoms with Crippen LogP contribution in [0.5, 0.6) is 0 Å². The summed E-state index contributed by atoms with van der Waals surface area (Å²) in [6, 6.07) is 0. The Bertz CT molecular complexity index is 195. The van der Waals surface area contributed by atoms with Crippen LogP contribution in [-0.4, -0.2) is 23.9 Å². The highest BCUT2D eigenvalue weighted by Crippen LogP contribution is 2.12. The van der Waals surface area contributed by atoms with Crippen LogP contribution in [0.1, 0.15) is 13.8 Å². The number of aldehydes is 1.